The highest BCUT2D eigenvalue weighted by molar-refractivity contribution is 6.29. The minimum Gasteiger partial charge on any atom is -0.337 e. The third-order valence-electron chi connectivity index (χ3n) is 2.51. The van der Waals surface area contributed by atoms with Gasteiger partial charge in [0.05, 0.1) is 0 Å². The molecule has 0 radical (unpaired) electrons. The van der Waals surface area contributed by atoms with Crippen LogP contribution in [0.15, 0.2) is 12.3 Å². The van der Waals surface area contributed by atoms with E-state index in [4.69, 9.17) is 17.3 Å². The third-order valence-corrected chi connectivity index (χ3v) is 2.73. The van der Waals surface area contributed by atoms with E-state index in [0.29, 0.717) is 23.7 Å². The molecule has 0 spiro atoms. The molecule has 4 nitrogen and oxygen atoms in total. The number of hydrogen-bond acceptors (Lipinski definition) is 4. The lowest BCUT2D eigenvalue weighted by molar-refractivity contribution is 0.664. The molecule has 1 fully saturated rings. The van der Waals surface area contributed by atoms with Crippen molar-refractivity contribution in [1.29, 1.82) is 0 Å². The molecule has 2 heterocycles. The molecule has 1 aliphatic rings. The van der Waals surface area contributed by atoms with Crippen molar-refractivity contribution in [2.75, 3.05) is 18.0 Å². The van der Waals surface area contributed by atoms with E-state index in [0.717, 1.165) is 19.4 Å². The number of halogens is 1. The van der Waals surface area contributed by atoms with Crippen LogP contribution in [0.2, 0.25) is 5.15 Å². The first-order valence-corrected chi connectivity index (χ1v) is 5.14. The number of rotatable bonds is 2. The van der Waals surface area contributed by atoms with Gasteiger partial charge < -0.3 is 10.6 Å². The van der Waals surface area contributed by atoms with Crippen LogP contribution in [-0.4, -0.2) is 29.1 Å². The average molecular weight is 213 g/mol. The molecule has 76 valence electrons. The van der Waals surface area contributed by atoms with Crippen LogP contribution in [0.25, 0.3) is 0 Å². The molecule has 0 aliphatic carbocycles. The van der Waals surface area contributed by atoms with Crippen LogP contribution in [-0.2, 0) is 0 Å². The lowest BCUT2D eigenvalue weighted by atomic mass is 10.2. The number of nitrogens with zero attached hydrogens (tertiary/aromatic N) is 3. The van der Waals surface area contributed by atoms with Crippen LogP contribution in [0, 0.1) is 0 Å². The van der Waals surface area contributed by atoms with Crippen LogP contribution < -0.4 is 10.6 Å². The van der Waals surface area contributed by atoms with Gasteiger partial charge in [-0.1, -0.05) is 11.6 Å². The summed E-state index contributed by atoms with van der Waals surface area (Å²) >= 11 is 5.81. The smallest absolute Gasteiger partial charge is 0.227 e. The molecule has 5 heteroatoms. The van der Waals surface area contributed by atoms with Gasteiger partial charge in [0.2, 0.25) is 5.95 Å². The molecule has 1 saturated heterocycles. The first-order valence-electron chi connectivity index (χ1n) is 4.76. The van der Waals surface area contributed by atoms with Crippen LogP contribution in [0.4, 0.5) is 5.95 Å². The normalized spacial score (nSPS) is 21.6. The fourth-order valence-corrected chi connectivity index (χ4v) is 1.94. The SMILES string of the molecule is NC[C@@H]1CCCN1c1nccc(Cl)n1. The van der Waals surface area contributed by atoms with Gasteiger partial charge >= 0.3 is 0 Å². The van der Waals surface area contributed by atoms with Crippen LogP contribution >= 0.6 is 11.6 Å². The molecule has 0 amide bonds. The molecule has 1 aromatic heterocycles. The molecule has 1 aromatic rings. The maximum atomic E-state index is 5.81. The second-order valence-corrected chi connectivity index (χ2v) is 3.79. The zero-order chi connectivity index (χ0) is 9.97. The van der Waals surface area contributed by atoms with Gasteiger partial charge in [-0.15, -0.1) is 0 Å². The van der Waals surface area contributed by atoms with Crippen molar-refractivity contribution < 1.29 is 0 Å². The maximum Gasteiger partial charge on any atom is 0.227 e. The van der Waals surface area contributed by atoms with Crippen molar-refractivity contribution in [2.45, 2.75) is 18.9 Å². The summed E-state index contributed by atoms with van der Waals surface area (Å²) in [5, 5.41) is 0.484. The molecule has 2 N–H and O–H groups in total. The monoisotopic (exact) mass is 212 g/mol. The van der Waals surface area contributed by atoms with E-state index >= 15 is 0 Å². The van der Waals surface area contributed by atoms with Gasteiger partial charge in [0, 0.05) is 25.3 Å². The number of aromatic nitrogens is 2. The molecular weight excluding hydrogens is 200 g/mol. The van der Waals surface area contributed by atoms with Gasteiger partial charge in [-0.05, 0) is 18.9 Å². The molecule has 14 heavy (non-hydrogen) atoms. The predicted octanol–water partition coefficient (Wildman–Crippen LogP) is 1.06. The Morgan fingerprint density at radius 2 is 2.50 bits per heavy atom. The van der Waals surface area contributed by atoms with Crippen LogP contribution in [0.3, 0.4) is 0 Å². The van der Waals surface area contributed by atoms with E-state index in [2.05, 4.69) is 14.9 Å². The third kappa shape index (κ3) is 1.81. The quantitative estimate of drug-likeness (QED) is 0.745. The predicted molar refractivity (Wildman–Crippen MR) is 56.5 cm³/mol. The lowest BCUT2D eigenvalue weighted by Crippen LogP contribution is -2.36. The summed E-state index contributed by atoms with van der Waals surface area (Å²) < 4.78 is 0. The minimum atomic E-state index is 0.369. The highest BCUT2D eigenvalue weighted by Crippen LogP contribution is 2.22. The highest BCUT2D eigenvalue weighted by atomic mass is 35.5. The second-order valence-electron chi connectivity index (χ2n) is 3.40. The standard InChI is InChI=1S/C9H13ClN4/c10-8-3-4-12-9(13-8)14-5-1-2-7(14)6-11/h3-4,7H,1-2,5-6,11H2/t7-/m0/s1. The molecular formula is C9H13ClN4. The summed E-state index contributed by atoms with van der Waals surface area (Å²) in [6.07, 6.45) is 3.95. The van der Waals surface area contributed by atoms with Crippen molar-refractivity contribution in [3.8, 4) is 0 Å². The summed E-state index contributed by atoms with van der Waals surface area (Å²) in [5.41, 5.74) is 5.67. The molecule has 0 bridgehead atoms. The van der Waals surface area contributed by atoms with Crippen molar-refractivity contribution in [2.24, 2.45) is 5.73 Å². The minimum absolute atomic E-state index is 0.369. The van der Waals surface area contributed by atoms with Crippen molar-refractivity contribution in [3.05, 3.63) is 17.4 Å². The van der Waals surface area contributed by atoms with Gasteiger partial charge in [0.1, 0.15) is 5.15 Å². The molecule has 2 rings (SSSR count). The fourth-order valence-electron chi connectivity index (χ4n) is 1.81. The second kappa shape index (κ2) is 4.11. The maximum absolute atomic E-state index is 5.81. The average Bonchev–Trinajstić information content (AvgIpc) is 2.65. The summed E-state index contributed by atoms with van der Waals surface area (Å²) in [4.78, 5) is 10.5. The van der Waals surface area contributed by atoms with E-state index in [1.165, 1.54) is 0 Å². The van der Waals surface area contributed by atoms with Crippen molar-refractivity contribution in [3.63, 3.8) is 0 Å². The molecule has 0 aromatic carbocycles. The Morgan fingerprint density at radius 1 is 1.64 bits per heavy atom. The Bertz CT molecular complexity index is 317. The first kappa shape index (κ1) is 9.68. The number of nitrogens with two attached hydrogens (primary N) is 1. The van der Waals surface area contributed by atoms with Gasteiger partial charge in [-0.2, -0.15) is 0 Å². The van der Waals surface area contributed by atoms with Crippen LogP contribution in [0.1, 0.15) is 12.8 Å². The van der Waals surface area contributed by atoms with E-state index in [9.17, 15) is 0 Å². The van der Waals surface area contributed by atoms with Crippen LogP contribution in [0.5, 0.6) is 0 Å². The van der Waals surface area contributed by atoms with E-state index in [1.54, 1.807) is 12.3 Å². The van der Waals surface area contributed by atoms with Crippen molar-refractivity contribution in [1.82, 2.24) is 9.97 Å². The summed E-state index contributed by atoms with van der Waals surface area (Å²) in [5.74, 6) is 0.699. The van der Waals surface area contributed by atoms with Gasteiger partial charge in [-0.3, -0.25) is 0 Å². The number of anilines is 1. The van der Waals surface area contributed by atoms with Gasteiger partial charge in [0.25, 0.3) is 0 Å². The zero-order valence-corrected chi connectivity index (χ0v) is 8.61. The lowest BCUT2D eigenvalue weighted by Gasteiger charge is -2.22. The number of hydrogen-bond donors (Lipinski definition) is 1. The van der Waals surface area contributed by atoms with Gasteiger partial charge in [0.15, 0.2) is 0 Å². The zero-order valence-electron chi connectivity index (χ0n) is 7.86. The molecule has 0 unspecified atom stereocenters. The first-order chi connectivity index (χ1) is 6.81. The molecule has 1 atom stereocenters. The summed E-state index contributed by atoms with van der Waals surface area (Å²) in [7, 11) is 0. The molecule has 1 aliphatic heterocycles. The van der Waals surface area contributed by atoms with Gasteiger partial charge in [-0.25, -0.2) is 9.97 Å². The van der Waals surface area contributed by atoms with E-state index in [1.807, 2.05) is 0 Å². The molecule has 0 saturated carbocycles. The Hall–Kier alpha value is -0.870. The van der Waals surface area contributed by atoms with E-state index in [-0.39, 0.29) is 0 Å². The van der Waals surface area contributed by atoms with Crippen molar-refractivity contribution >= 4 is 17.5 Å². The summed E-state index contributed by atoms with van der Waals surface area (Å²) in [6.45, 7) is 1.62. The Morgan fingerprint density at radius 3 is 3.21 bits per heavy atom. The largest absolute Gasteiger partial charge is 0.337 e. The Balaban J connectivity index is 2.21. The Kier molecular flexibility index (Phi) is 2.84. The highest BCUT2D eigenvalue weighted by Gasteiger charge is 2.25. The summed E-state index contributed by atoms with van der Waals surface area (Å²) in [6, 6.07) is 2.05. The fraction of sp³-hybridized carbons (Fsp3) is 0.556. The Labute approximate surface area is 88.1 Å². The van der Waals surface area contributed by atoms with E-state index < -0.39 is 0 Å². The topological polar surface area (TPSA) is 55.0 Å².